The maximum Gasteiger partial charge on any atom is 0.290 e. The van der Waals surface area contributed by atoms with Gasteiger partial charge in [0.15, 0.2) is 11.5 Å². The van der Waals surface area contributed by atoms with Crippen LogP contribution in [0.5, 0.6) is 5.75 Å². The molecule has 2 heterocycles. The highest BCUT2D eigenvalue weighted by Gasteiger charge is 2.44. The number of aliphatic hydroxyl groups excluding tert-OH is 1. The van der Waals surface area contributed by atoms with E-state index < -0.39 is 23.5 Å². The van der Waals surface area contributed by atoms with Crippen LogP contribution in [-0.2, 0) is 4.79 Å². The monoisotopic (exact) mass is 398 g/mol. The minimum Gasteiger partial charge on any atom is -0.503 e. The van der Waals surface area contributed by atoms with E-state index in [1.54, 1.807) is 6.07 Å². The van der Waals surface area contributed by atoms with Gasteiger partial charge in [0.2, 0.25) is 5.78 Å². The van der Waals surface area contributed by atoms with Gasteiger partial charge in [0, 0.05) is 13.1 Å². The molecular formula is C22H26N2O5. The molecule has 154 valence electrons. The molecule has 29 heavy (non-hydrogen) atoms. The molecule has 0 unspecified atom stereocenters. The SMILES string of the molecule is CCCOc1cccc([C@H]2C(C(=O)c3ccco3)=C(O)C(=O)N2CCN(C)C)c1. The van der Waals surface area contributed by atoms with Gasteiger partial charge < -0.3 is 24.1 Å². The number of ether oxygens (including phenoxy) is 1. The van der Waals surface area contributed by atoms with Crippen molar-refractivity contribution in [3.05, 3.63) is 65.3 Å². The molecule has 0 saturated carbocycles. The van der Waals surface area contributed by atoms with Crippen molar-refractivity contribution in [2.24, 2.45) is 0 Å². The molecule has 0 fully saturated rings. The number of aliphatic hydroxyl groups is 1. The summed E-state index contributed by atoms with van der Waals surface area (Å²) >= 11 is 0. The summed E-state index contributed by atoms with van der Waals surface area (Å²) in [5.74, 6) is -0.863. The van der Waals surface area contributed by atoms with Crippen LogP contribution in [-0.4, -0.2) is 60.4 Å². The van der Waals surface area contributed by atoms with Crippen molar-refractivity contribution < 1.29 is 23.8 Å². The van der Waals surface area contributed by atoms with E-state index in [9.17, 15) is 14.7 Å². The molecule has 0 radical (unpaired) electrons. The Balaban J connectivity index is 2.03. The molecule has 0 saturated heterocycles. The van der Waals surface area contributed by atoms with Gasteiger partial charge in [-0.2, -0.15) is 0 Å². The Bertz CT molecular complexity index is 902. The molecule has 1 atom stereocenters. The number of Topliss-reactive ketones (excluding diaryl/α,β-unsaturated/α-hetero) is 1. The van der Waals surface area contributed by atoms with E-state index in [1.807, 2.05) is 50.2 Å². The molecule has 7 heteroatoms. The Morgan fingerprint density at radius 1 is 1.28 bits per heavy atom. The van der Waals surface area contributed by atoms with E-state index in [2.05, 4.69) is 0 Å². The molecule has 1 aromatic carbocycles. The second kappa shape index (κ2) is 8.96. The lowest BCUT2D eigenvalue weighted by molar-refractivity contribution is -0.129. The van der Waals surface area contributed by atoms with Crippen LogP contribution in [0.1, 0.15) is 35.5 Å². The number of hydrogen-bond donors (Lipinski definition) is 1. The fourth-order valence-electron chi connectivity index (χ4n) is 3.31. The zero-order valence-electron chi connectivity index (χ0n) is 16.9. The number of likely N-dealkylation sites (N-methyl/N-ethyl adjacent to an activating group) is 1. The van der Waals surface area contributed by atoms with Gasteiger partial charge in [0.05, 0.1) is 24.5 Å². The fraction of sp³-hybridized carbons (Fsp3) is 0.364. The first-order valence-corrected chi connectivity index (χ1v) is 9.63. The molecule has 0 bridgehead atoms. The normalized spacial score (nSPS) is 16.8. The minimum absolute atomic E-state index is 0.0244. The van der Waals surface area contributed by atoms with Gasteiger partial charge in [-0.15, -0.1) is 0 Å². The summed E-state index contributed by atoms with van der Waals surface area (Å²) < 4.78 is 10.9. The predicted molar refractivity (Wildman–Crippen MR) is 108 cm³/mol. The summed E-state index contributed by atoms with van der Waals surface area (Å²) in [6, 6.07) is 9.69. The Labute approximate surface area is 170 Å². The summed E-state index contributed by atoms with van der Waals surface area (Å²) in [5.41, 5.74) is 0.723. The molecule has 2 aromatic rings. The van der Waals surface area contributed by atoms with E-state index in [-0.39, 0.29) is 11.3 Å². The van der Waals surface area contributed by atoms with E-state index >= 15 is 0 Å². The highest BCUT2D eigenvalue weighted by molar-refractivity contribution is 6.15. The summed E-state index contributed by atoms with van der Waals surface area (Å²) in [6.45, 7) is 3.53. The van der Waals surface area contributed by atoms with Crippen LogP contribution >= 0.6 is 0 Å². The zero-order valence-corrected chi connectivity index (χ0v) is 16.9. The third kappa shape index (κ3) is 4.35. The number of benzene rings is 1. The van der Waals surface area contributed by atoms with E-state index in [1.165, 1.54) is 17.2 Å². The lowest BCUT2D eigenvalue weighted by atomic mass is 9.95. The number of ketones is 1. The van der Waals surface area contributed by atoms with E-state index in [0.717, 1.165) is 6.42 Å². The molecular weight excluding hydrogens is 372 g/mol. The minimum atomic E-state index is -0.717. The Morgan fingerprint density at radius 3 is 2.72 bits per heavy atom. The molecule has 7 nitrogen and oxygen atoms in total. The van der Waals surface area contributed by atoms with Gasteiger partial charge >= 0.3 is 0 Å². The number of amides is 1. The first-order valence-electron chi connectivity index (χ1n) is 9.63. The number of furan rings is 1. The van der Waals surface area contributed by atoms with Crippen molar-refractivity contribution in [3.63, 3.8) is 0 Å². The van der Waals surface area contributed by atoms with Crippen LogP contribution in [0, 0.1) is 0 Å². The third-order valence-corrected chi connectivity index (χ3v) is 4.73. The number of carbonyl (C=O) groups excluding carboxylic acids is 2. The molecule has 1 aromatic heterocycles. The molecule has 1 N–H and O–H groups in total. The van der Waals surface area contributed by atoms with Crippen molar-refractivity contribution in [1.29, 1.82) is 0 Å². The molecule has 1 aliphatic heterocycles. The van der Waals surface area contributed by atoms with Crippen LogP contribution in [0.3, 0.4) is 0 Å². The van der Waals surface area contributed by atoms with Crippen LogP contribution in [0.25, 0.3) is 0 Å². The number of carbonyl (C=O) groups is 2. The topological polar surface area (TPSA) is 83.2 Å². The summed E-state index contributed by atoms with van der Waals surface area (Å²) in [5, 5.41) is 10.6. The molecule has 0 aliphatic carbocycles. The van der Waals surface area contributed by atoms with Crippen molar-refractivity contribution in [3.8, 4) is 5.75 Å². The van der Waals surface area contributed by atoms with Crippen molar-refractivity contribution in [2.45, 2.75) is 19.4 Å². The average molecular weight is 398 g/mol. The molecule has 3 rings (SSSR count). The van der Waals surface area contributed by atoms with E-state index in [0.29, 0.717) is 31.0 Å². The maximum atomic E-state index is 13.1. The average Bonchev–Trinajstić information content (AvgIpc) is 3.32. The van der Waals surface area contributed by atoms with Crippen LogP contribution in [0.4, 0.5) is 0 Å². The van der Waals surface area contributed by atoms with Gasteiger partial charge in [0.1, 0.15) is 5.75 Å². The Hall–Kier alpha value is -3.06. The number of nitrogens with zero attached hydrogens (tertiary/aromatic N) is 2. The van der Waals surface area contributed by atoms with E-state index in [4.69, 9.17) is 9.15 Å². The van der Waals surface area contributed by atoms with Crippen molar-refractivity contribution in [2.75, 3.05) is 33.8 Å². The smallest absolute Gasteiger partial charge is 0.290 e. The first-order chi connectivity index (χ1) is 13.9. The first kappa shape index (κ1) is 20.7. The Morgan fingerprint density at radius 2 is 2.07 bits per heavy atom. The van der Waals surface area contributed by atoms with Crippen LogP contribution in [0.2, 0.25) is 0 Å². The van der Waals surface area contributed by atoms with Gasteiger partial charge in [-0.25, -0.2) is 0 Å². The largest absolute Gasteiger partial charge is 0.503 e. The Kier molecular flexibility index (Phi) is 6.39. The second-order valence-electron chi connectivity index (χ2n) is 7.19. The highest BCUT2D eigenvalue weighted by Crippen LogP contribution is 2.39. The third-order valence-electron chi connectivity index (χ3n) is 4.73. The quantitative estimate of drug-likeness (QED) is 0.653. The van der Waals surface area contributed by atoms with Gasteiger partial charge in [-0.05, 0) is 50.3 Å². The van der Waals surface area contributed by atoms with Crippen LogP contribution in [0.15, 0.2) is 58.4 Å². The van der Waals surface area contributed by atoms with Crippen molar-refractivity contribution >= 4 is 11.7 Å². The standard InChI is InChI=1S/C22H26N2O5/c1-4-12-28-16-8-5-7-15(14-16)19-18(20(25)17-9-6-13-29-17)21(26)22(27)24(19)11-10-23(2)3/h5-9,13-14,19,26H,4,10-12H2,1-3H3/t19-/m0/s1. The molecule has 0 spiro atoms. The maximum absolute atomic E-state index is 13.1. The summed E-state index contributed by atoms with van der Waals surface area (Å²) in [7, 11) is 3.80. The summed E-state index contributed by atoms with van der Waals surface area (Å²) in [4.78, 5) is 29.3. The lowest BCUT2D eigenvalue weighted by Gasteiger charge is -2.28. The number of hydrogen-bond acceptors (Lipinski definition) is 6. The zero-order chi connectivity index (χ0) is 21.0. The van der Waals surface area contributed by atoms with Gasteiger partial charge in [0.25, 0.3) is 5.91 Å². The van der Waals surface area contributed by atoms with Gasteiger partial charge in [-0.3, -0.25) is 9.59 Å². The van der Waals surface area contributed by atoms with Crippen molar-refractivity contribution in [1.82, 2.24) is 9.80 Å². The highest BCUT2D eigenvalue weighted by atomic mass is 16.5. The summed E-state index contributed by atoms with van der Waals surface area (Å²) in [6.07, 6.45) is 2.25. The van der Waals surface area contributed by atoms with Gasteiger partial charge in [-0.1, -0.05) is 19.1 Å². The molecule has 1 amide bonds. The fourth-order valence-corrected chi connectivity index (χ4v) is 3.31. The predicted octanol–water partition coefficient (Wildman–Crippen LogP) is 3.21. The van der Waals surface area contributed by atoms with Crippen LogP contribution < -0.4 is 4.74 Å². The number of rotatable bonds is 9. The lowest BCUT2D eigenvalue weighted by Crippen LogP contribution is -2.36. The molecule has 1 aliphatic rings. The second-order valence-corrected chi connectivity index (χ2v) is 7.19.